The first-order valence-electron chi connectivity index (χ1n) is 8.36. The monoisotopic (exact) mass is 327 g/mol. The Morgan fingerprint density at radius 3 is 2.79 bits per heavy atom. The van der Waals surface area contributed by atoms with Crippen LogP contribution in [0.3, 0.4) is 0 Å². The van der Waals surface area contributed by atoms with Crippen molar-refractivity contribution >= 4 is 17.0 Å². The van der Waals surface area contributed by atoms with Gasteiger partial charge >= 0.3 is 0 Å². The number of H-pyrrole nitrogens is 1. The van der Waals surface area contributed by atoms with E-state index in [9.17, 15) is 5.11 Å². The molecule has 2 N–H and O–H groups in total. The van der Waals surface area contributed by atoms with Crippen molar-refractivity contribution in [2.45, 2.75) is 32.4 Å². The predicted molar refractivity (Wildman–Crippen MR) is 89.5 cm³/mol. The van der Waals surface area contributed by atoms with E-state index >= 15 is 0 Å². The predicted octanol–water partition coefficient (Wildman–Crippen LogP) is 1.52. The number of nitrogens with one attached hydrogen (secondary N) is 1. The Kier molecular flexibility index (Phi) is 3.89. The molecule has 8 nitrogen and oxygen atoms in total. The van der Waals surface area contributed by atoms with Gasteiger partial charge in [-0.05, 0) is 25.7 Å². The summed E-state index contributed by atoms with van der Waals surface area (Å²) in [6.07, 6.45) is 8.09. The zero-order valence-electron chi connectivity index (χ0n) is 13.6. The lowest BCUT2D eigenvalue weighted by molar-refractivity contribution is 0.0856. The standard InChI is InChI=1S/C16H21N7O/c1-2-22-10-21-12-15(22)19-9-20-16(12)23-7-3-11(4-8-23)13(24)14-17-5-6-18-14/h5-6,9-11,13,24H,2-4,7-8H2,1H3,(H,17,18). The van der Waals surface area contributed by atoms with Crippen molar-refractivity contribution in [3.8, 4) is 0 Å². The summed E-state index contributed by atoms with van der Waals surface area (Å²) >= 11 is 0. The largest absolute Gasteiger partial charge is 0.385 e. The Labute approximate surface area is 139 Å². The molecule has 0 aromatic carbocycles. The highest BCUT2D eigenvalue weighted by Crippen LogP contribution is 2.32. The first-order chi connectivity index (χ1) is 11.8. The van der Waals surface area contributed by atoms with E-state index in [4.69, 9.17) is 0 Å². The van der Waals surface area contributed by atoms with E-state index in [1.165, 1.54) is 0 Å². The first-order valence-corrected chi connectivity index (χ1v) is 8.36. The van der Waals surface area contributed by atoms with E-state index in [1.54, 1.807) is 18.7 Å². The van der Waals surface area contributed by atoms with E-state index in [-0.39, 0.29) is 5.92 Å². The minimum Gasteiger partial charge on any atom is -0.385 e. The molecule has 3 aromatic rings. The summed E-state index contributed by atoms with van der Waals surface area (Å²) in [6, 6.07) is 0. The number of rotatable bonds is 4. The van der Waals surface area contributed by atoms with Gasteiger partial charge in [0, 0.05) is 32.0 Å². The van der Waals surface area contributed by atoms with Crippen LogP contribution in [0, 0.1) is 5.92 Å². The number of nitrogens with zero attached hydrogens (tertiary/aromatic N) is 6. The van der Waals surface area contributed by atoms with Crippen molar-refractivity contribution in [3.05, 3.63) is 30.9 Å². The van der Waals surface area contributed by atoms with Crippen molar-refractivity contribution < 1.29 is 5.11 Å². The van der Waals surface area contributed by atoms with Gasteiger partial charge in [0.15, 0.2) is 17.0 Å². The molecular weight excluding hydrogens is 306 g/mol. The third kappa shape index (κ3) is 2.52. The normalized spacial score (nSPS) is 17.5. The number of hydrogen-bond donors (Lipinski definition) is 2. The van der Waals surface area contributed by atoms with Crippen LogP contribution in [0.2, 0.25) is 0 Å². The third-order valence-corrected chi connectivity index (χ3v) is 4.81. The number of imidazole rings is 2. The highest BCUT2D eigenvalue weighted by Gasteiger charge is 2.29. The second kappa shape index (κ2) is 6.20. The molecule has 1 aliphatic rings. The highest BCUT2D eigenvalue weighted by molar-refractivity contribution is 5.83. The van der Waals surface area contributed by atoms with Crippen LogP contribution >= 0.6 is 0 Å². The lowest BCUT2D eigenvalue weighted by atomic mass is 9.91. The Morgan fingerprint density at radius 2 is 2.08 bits per heavy atom. The Morgan fingerprint density at radius 1 is 1.25 bits per heavy atom. The lowest BCUT2D eigenvalue weighted by Crippen LogP contribution is -2.36. The van der Waals surface area contributed by atoms with Crippen molar-refractivity contribution in [2.24, 2.45) is 5.92 Å². The topological polar surface area (TPSA) is 95.8 Å². The van der Waals surface area contributed by atoms with Crippen LogP contribution < -0.4 is 4.90 Å². The Balaban J connectivity index is 1.51. The van der Waals surface area contributed by atoms with Gasteiger partial charge in [0.1, 0.15) is 18.3 Å². The van der Waals surface area contributed by atoms with Crippen LogP contribution in [-0.4, -0.2) is 47.7 Å². The SMILES string of the molecule is CCn1cnc2c(N3CCC(C(O)c4ncc[nH]4)CC3)ncnc21. The summed E-state index contributed by atoms with van der Waals surface area (Å²) in [4.78, 5) is 22.7. The number of fused-ring (bicyclic) bond motifs is 1. The Bertz CT molecular complexity index is 805. The van der Waals surface area contributed by atoms with Crippen molar-refractivity contribution in [1.29, 1.82) is 0 Å². The molecule has 0 amide bonds. The maximum atomic E-state index is 10.4. The lowest BCUT2D eigenvalue weighted by Gasteiger charge is -2.34. The molecule has 1 saturated heterocycles. The minimum absolute atomic E-state index is 0.206. The van der Waals surface area contributed by atoms with Gasteiger partial charge in [-0.2, -0.15) is 0 Å². The highest BCUT2D eigenvalue weighted by atomic mass is 16.3. The van der Waals surface area contributed by atoms with Crippen LogP contribution in [0.5, 0.6) is 0 Å². The average molecular weight is 327 g/mol. The molecule has 0 bridgehead atoms. The van der Waals surface area contributed by atoms with Gasteiger partial charge in [-0.3, -0.25) is 0 Å². The van der Waals surface area contributed by atoms with Crippen LogP contribution in [0.25, 0.3) is 11.2 Å². The summed E-state index contributed by atoms with van der Waals surface area (Å²) in [6.45, 7) is 4.59. The summed E-state index contributed by atoms with van der Waals surface area (Å²) in [5, 5.41) is 10.4. The van der Waals surface area contributed by atoms with Crippen LogP contribution in [0.15, 0.2) is 25.0 Å². The second-order valence-corrected chi connectivity index (χ2v) is 6.14. The van der Waals surface area contributed by atoms with Crippen LogP contribution in [0.4, 0.5) is 5.82 Å². The first kappa shape index (κ1) is 15.1. The molecule has 0 radical (unpaired) electrons. The number of aliphatic hydroxyl groups excluding tert-OH is 1. The number of aromatic nitrogens is 6. The van der Waals surface area contributed by atoms with Crippen molar-refractivity contribution in [3.63, 3.8) is 0 Å². The molecule has 1 fully saturated rings. The van der Waals surface area contributed by atoms with Gasteiger partial charge in [-0.1, -0.05) is 0 Å². The smallest absolute Gasteiger partial charge is 0.165 e. The molecule has 126 valence electrons. The summed E-state index contributed by atoms with van der Waals surface area (Å²) in [5.41, 5.74) is 1.73. The summed E-state index contributed by atoms with van der Waals surface area (Å²) < 4.78 is 2.02. The molecule has 0 spiro atoms. The fraction of sp³-hybridized carbons (Fsp3) is 0.500. The fourth-order valence-electron chi connectivity index (χ4n) is 3.42. The summed E-state index contributed by atoms with van der Waals surface area (Å²) in [5.74, 6) is 1.75. The number of aromatic amines is 1. The van der Waals surface area contributed by atoms with Gasteiger partial charge < -0.3 is 19.6 Å². The average Bonchev–Trinajstić information content (AvgIpc) is 3.30. The van der Waals surface area contributed by atoms with Crippen LogP contribution in [0.1, 0.15) is 31.7 Å². The number of hydrogen-bond acceptors (Lipinski definition) is 6. The molecule has 1 atom stereocenters. The maximum Gasteiger partial charge on any atom is 0.165 e. The van der Waals surface area contributed by atoms with Gasteiger partial charge in [-0.25, -0.2) is 19.9 Å². The van der Waals surface area contributed by atoms with Gasteiger partial charge in [-0.15, -0.1) is 0 Å². The molecule has 4 rings (SSSR count). The van der Waals surface area contributed by atoms with Crippen molar-refractivity contribution in [1.82, 2.24) is 29.5 Å². The maximum absolute atomic E-state index is 10.4. The fourth-order valence-corrected chi connectivity index (χ4v) is 3.42. The zero-order chi connectivity index (χ0) is 16.5. The number of anilines is 1. The van der Waals surface area contributed by atoms with Gasteiger partial charge in [0.2, 0.25) is 0 Å². The molecular formula is C16H21N7O. The van der Waals surface area contributed by atoms with E-state index < -0.39 is 6.10 Å². The quantitative estimate of drug-likeness (QED) is 0.754. The molecule has 24 heavy (non-hydrogen) atoms. The second-order valence-electron chi connectivity index (χ2n) is 6.14. The van der Waals surface area contributed by atoms with Gasteiger partial charge in [0.25, 0.3) is 0 Å². The molecule has 8 heteroatoms. The molecule has 0 saturated carbocycles. The molecule has 3 aromatic heterocycles. The zero-order valence-corrected chi connectivity index (χ0v) is 13.6. The molecule has 0 aliphatic carbocycles. The molecule has 1 unspecified atom stereocenters. The van der Waals surface area contributed by atoms with Gasteiger partial charge in [0.05, 0.1) is 6.33 Å². The number of aliphatic hydroxyl groups is 1. The Hall–Kier alpha value is -2.48. The van der Waals surface area contributed by atoms with E-state index in [0.29, 0.717) is 5.82 Å². The minimum atomic E-state index is -0.535. The van der Waals surface area contributed by atoms with E-state index in [0.717, 1.165) is 49.5 Å². The molecule has 4 heterocycles. The van der Waals surface area contributed by atoms with E-state index in [1.807, 2.05) is 10.9 Å². The summed E-state index contributed by atoms with van der Waals surface area (Å²) in [7, 11) is 0. The van der Waals surface area contributed by atoms with Crippen LogP contribution in [-0.2, 0) is 6.54 Å². The molecule has 1 aliphatic heterocycles. The number of aryl methyl sites for hydroxylation is 1. The van der Waals surface area contributed by atoms with Crippen molar-refractivity contribution in [2.75, 3.05) is 18.0 Å². The number of piperidine rings is 1. The third-order valence-electron chi connectivity index (χ3n) is 4.81. The van der Waals surface area contributed by atoms with E-state index in [2.05, 4.69) is 36.7 Å².